The van der Waals surface area contributed by atoms with Crippen LogP contribution in [0.15, 0.2) is 0 Å². The number of rotatable bonds is 5. The van der Waals surface area contributed by atoms with Gasteiger partial charge in [-0.1, -0.05) is 6.92 Å². The lowest BCUT2D eigenvalue weighted by molar-refractivity contribution is -0.155. The van der Waals surface area contributed by atoms with Crippen molar-refractivity contribution in [2.45, 2.75) is 44.4 Å². The van der Waals surface area contributed by atoms with Gasteiger partial charge < -0.3 is 10.2 Å². The Morgan fingerprint density at radius 2 is 1.89 bits per heavy atom. The van der Waals surface area contributed by atoms with Gasteiger partial charge in [0.1, 0.15) is 0 Å². The Labute approximate surface area is 110 Å². The summed E-state index contributed by atoms with van der Waals surface area (Å²) in [7, 11) is 0. The van der Waals surface area contributed by atoms with Crippen LogP contribution in [-0.4, -0.2) is 52.5 Å². The van der Waals surface area contributed by atoms with Crippen LogP contribution >= 0.6 is 0 Å². The third-order valence-corrected chi connectivity index (χ3v) is 3.63. The number of carboxylic acid groups (broad SMARTS) is 1. The minimum atomic E-state index is -4.29. The zero-order valence-corrected chi connectivity index (χ0v) is 10.9. The van der Waals surface area contributed by atoms with Gasteiger partial charge in [-0.05, 0) is 32.2 Å². The van der Waals surface area contributed by atoms with E-state index in [1.54, 1.807) is 6.92 Å². The van der Waals surface area contributed by atoms with Crippen molar-refractivity contribution in [2.24, 2.45) is 5.92 Å². The first-order valence-electron chi connectivity index (χ1n) is 6.39. The molecule has 112 valence electrons. The number of aliphatic hydroxyl groups is 1. The third kappa shape index (κ3) is 5.36. The topological polar surface area (TPSA) is 60.8 Å². The molecule has 1 aliphatic rings. The van der Waals surface area contributed by atoms with Gasteiger partial charge in [-0.25, -0.2) is 0 Å². The summed E-state index contributed by atoms with van der Waals surface area (Å²) in [5.74, 6) is -1.39. The highest BCUT2D eigenvalue weighted by atomic mass is 19.4. The maximum Gasteiger partial charge on any atom is 0.401 e. The van der Waals surface area contributed by atoms with E-state index in [1.807, 2.05) is 0 Å². The predicted octanol–water partition coefficient (Wildman–Crippen LogP) is 1.88. The molecule has 0 saturated heterocycles. The number of likely N-dealkylation sites (N-methyl/N-ethyl adjacent to an activating group) is 1. The summed E-state index contributed by atoms with van der Waals surface area (Å²) in [6.45, 7) is 0.700. The summed E-state index contributed by atoms with van der Waals surface area (Å²) < 4.78 is 37.0. The Kier molecular flexibility index (Phi) is 5.20. The van der Waals surface area contributed by atoms with Gasteiger partial charge in [0.05, 0.1) is 18.1 Å². The van der Waals surface area contributed by atoms with Gasteiger partial charge in [-0.15, -0.1) is 0 Å². The van der Waals surface area contributed by atoms with Crippen LogP contribution in [0.5, 0.6) is 0 Å². The summed E-state index contributed by atoms with van der Waals surface area (Å²) in [6, 6.07) is 0. The van der Waals surface area contributed by atoms with Crippen molar-refractivity contribution in [3.63, 3.8) is 0 Å². The Bertz CT molecular complexity index is 312. The van der Waals surface area contributed by atoms with Gasteiger partial charge >= 0.3 is 12.1 Å². The lowest BCUT2D eigenvalue weighted by Crippen LogP contribution is -2.48. The molecule has 0 spiro atoms. The van der Waals surface area contributed by atoms with Crippen molar-refractivity contribution < 1.29 is 28.2 Å². The second-order valence-electron chi connectivity index (χ2n) is 5.26. The van der Waals surface area contributed by atoms with E-state index in [1.165, 1.54) is 0 Å². The SMILES string of the molecule is CCN(CC(F)(F)F)CC1(O)CCC(C(=O)O)CC1. The number of alkyl halides is 3. The first-order valence-corrected chi connectivity index (χ1v) is 6.39. The molecular formula is C12H20F3NO3. The molecule has 0 aromatic heterocycles. The Morgan fingerprint density at radius 3 is 2.26 bits per heavy atom. The number of carbonyl (C=O) groups is 1. The highest BCUT2D eigenvalue weighted by Crippen LogP contribution is 2.33. The van der Waals surface area contributed by atoms with Crippen LogP contribution in [0.2, 0.25) is 0 Å². The van der Waals surface area contributed by atoms with Crippen molar-refractivity contribution in [1.82, 2.24) is 4.90 Å². The zero-order chi connectivity index (χ0) is 14.7. The van der Waals surface area contributed by atoms with Crippen molar-refractivity contribution in [1.29, 1.82) is 0 Å². The van der Waals surface area contributed by atoms with Gasteiger partial charge in [-0.2, -0.15) is 13.2 Å². The first-order chi connectivity index (χ1) is 8.65. The molecule has 0 amide bonds. The second kappa shape index (κ2) is 6.09. The van der Waals surface area contributed by atoms with Gasteiger partial charge in [0.25, 0.3) is 0 Å². The Morgan fingerprint density at radius 1 is 1.37 bits per heavy atom. The third-order valence-electron chi connectivity index (χ3n) is 3.63. The molecule has 0 heterocycles. The van der Waals surface area contributed by atoms with Gasteiger partial charge in [-0.3, -0.25) is 9.69 Å². The molecule has 1 fully saturated rings. The molecule has 0 aliphatic heterocycles. The molecule has 4 nitrogen and oxygen atoms in total. The van der Waals surface area contributed by atoms with Crippen molar-refractivity contribution in [3.8, 4) is 0 Å². The van der Waals surface area contributed by atoms with Crippen molar-refractivity contribution >= 4 is 5.97 Å². The minimum Gasteiger partial charge on any atom is -0.481 e. The van der Waals surface area contributed by atoms with E-state index in [4.69, 9.17) is 5.11 Å². The van der Waals surface area contributed by atoms with Crippen LogP contribution in [0, 0.1) is 5.92 Å². The number of halogens is 3. The molecule has 0 unspecified atom stereocenters. The Hall–Kier alpha value is -0.820. The summed E-state index contributed by atoms with van der Waals surface area (Å²) in [5, 5.41) is 19.1. The smallest absolute Gasteiger partial charge is 0.401 e. The number of aliphatic carboxylic acids is 1. The number of nitrogens with zero attached hydrogens (tertiary/aromatic N) is 1. The van der Waals surface area contributed by atoms with Crippen LogP contribution in [0.4, 0.5) is 13.2 Å². The molecule has 19 heavy (non-hydrogen) atoms. The normalized spacial score (nSPS) is 28.6. The molecule has 1 saturated carbocycles. The van der Waals surface area contributed by atoms with Crippen molar-refractivity contribution in [2.75, 3.05) is 19.6 Å². The van der Waals surface area contributed by atoms with Crippen LogP contribution < -0.4 is 0 Å². The maximum absolute atomic E-state index is 12.3. The quantitative estimate of drug-likeness (QED) is 0.808. The molecule has 2 N–H and O–H groups in total. The van der Waals surface area contributed by atoms with Crippen LogP contribution in [0.1, 0.15) is 32.6 Å². The monoisotopic (exact) mass is 283 g/mol. The number of hydrogen-bond acceptors (Lipinski definition) is 3. The molecule has 0 bridgehead atoms. The summed E-state index contributed by atoms with van der Waals surface area (Å²) in [5.41, 5.74) is -1.20. The molecule has 0 atom stereocenters. The molecule has 0 aromatic carbocycles. The second-order valence-corrected chi connectivity index (χ2v) is 5.26. The maximum atomic E-state index is 12.3. The molecule has 7 heteroatoms. The van der Waals surface area contributed by atoms with Gasteiger partial charge in [0.15, 0.2) is 0 Å². The zero-order valence-electron chi connectivity index (χ0n) is 10.9. The average Bonchev–Trinajstić information content (AvgIpc) is 2.26. The van der Waals surface area contributed by atoms with E-state index < -0.39 is 30.2 Å². The van der Waals surface area contributed by atoms with E-state index in [0.717, 1.165) is 4.90 Å². The predicted molar refractivity (Wildman–Crippen MR) is 62.7 cm³/mol. The van der Waals surface area contributed by atoms with Gasteiger partial charge in [0.2, 0.25) is 0 Å². The molecular weight excluding hydrogens is 263 g/mol. The average molecular weight is 283 g/mol. The number of carboxylic acids is 1. The molecule has 1 aliphatic carbocycles. The summed E-state index contributed by atoms with van der Waals surface area (Å²) in [4.78, 5) is 11.9. The van der Waals surface area contributed by atoms with E-state index in [9.17, 15) is 23.1 Å². The molecule has 1 rings (SSSR count). The number of hydrogen-bond donors (Lipinski definition) is 2. The van der Waals surface area contributed by atoms with E-state index in [0.29, 0.717) is 12.8 Å². The first kappa shape index (κ1) is 16.2. The largest absolute Gasteiger partial charge is 0.481 e. The van der Waals surface area contributed by atoms with E-state index in [2.05, 4.69) is 0 Å². The fourth-order valence-corrected chi connectivity index (χ4v) is 2.51. The van der Waals surface area contributed by atoms with E-state index in [-0.39, 0.29) is 25.9 Å². The highest BCUT2D eigenvalue weighted by molar-refractivity contribution is 5.70. The molecule has 0 aromatic rings. The summed E-state index contributed by atoms with van der Waals surface area (Å²) >= 11 is 0. The van der Waals surface area contributed by atoms with Crippen LogP contribution in [0.3, 0.4) is 0 Å². The Balaban J connectivity index is 2.53. The standard InChI is InChI=1S/C12H20F3NO3/c1-2-16(8-12(13,14)15)7-11(19)5-3-9(4-6-11)10(17)18/h9,19H,2-8H2,1H3,(H,17,18). The fourth-order valence-electron chi connectivity index (χ4n) is 2.51. The van der Waals surface area contributed by atoms with E-state index >= 15 is 0 Å². The van der Waals surface area contributed by atoms with Gasteiger partial charge in [0, 0.05) is 6.54 Å². The summed E-state index contributed by atoms with van der Waals surface area (Å²) in [6.07, 6.45) is -3.19. The minimum absolute atomic E-state index is 0.0602. The molecule has 0 radical (unpaired) electrons. The van der Waals surface area contributed by atoms with Crippen LogP contribution in [0.25, 0.3) is 0 Å². The lowest BCUT2D eigenvalue weighted by atomic mass is 9.78. The van der Waals surface area contributed by atoms with Crippen LogP contribution in [-0.2, 0) is 4.79 Å². The lowest BCUT2D eigenvalue weighted by Gasteiger charge is -2.38. The van der Waals surface area contributed by atoms with Crippen molar-refractivity contribution in [3.05, 3.63) is 0 Å². The fraction of sp³-hybridized carbons (Fsp3) is 0.917. The highest BCUT2D eigenvalue weighted by Gasteiger charge is 2.39.